The molecular formula is C32H36N4O6. The van der Waals surface area contributed by atoms with Gasteiger partial charge >= 0.3 is 0 Å². The number of likely N-dealkylation sites (tertiary alicyclic amines) is 1. The summed E-state index contributed by atoms with van der Waals surface area (Å²) >= 11 is 0. The van der Waals surface area contributed by atoms with Crippen molar-refractivity contribution in [1.29, 1.82) is 0 Å². The number of ether oxygens (including phenoxy) is 2. The number of hydrogen-bond acceptors (Lipinski definition) is 6. The first-order chi connectivity index (χ1) is 20.4. The van der Waals surface area contributed by atoms with E-state index in [1.807, 2.05) is 17.0 Å². The van der Waals surface area contributed by atoms with Gasteiger partial charge in [-0.3, -0.25) is 24.1 Å². The van der Waals surface area contributed by atoms with Gasteiger partial charge in [-0.05, 0) is 55.7 Å². The van der Waals surface area contributed by atoms with E-state index in [2.05, 4.69) is 4.90 Å². The van der Waals surface area contributed by atoms with E-state index >= 15 is 0 Å². The number of fused-ring (bicyclic) bond motifs is 9. The van der Waals surface area contributed by atoms with Crippen LogP contribution in [0.5, 0.6) is 11.5 Å². The fourth-order valence-electron chi connectivity index (χ4n) is 8.02. The first kappa shape index (κ1) is 26.8. The maximum Gasteiger partial charge on any atom is 0.264 e. The predicted octanol–water partition coefficient (Wildman–Crippen LogP) is 3.46. The zero-order valence-electron chi connectivity index (χ0n) is 24.1. The average molecular weight is 573 g/mol. The number of para-hydroxylation sites is 1. The van der Waals surface area contributed by atoms with Crippen molar-refractivity contribution in [1.82, 2.24) is 14.7 Å². The molecule has 5 aliphatic rings. The summed E-state index contributed by atoms with van der Waals surface area (Å²) in [4.78, 5) is 61.1. The average Bonchev–Trinajstić information content (AvgIpc) is 3.30. The molecule has 5 heterocycles. The first-order valence-electron chi connectivity index (χ1n) is 15.0. The van der Waals surface area contributed by atoms with Crippen LogP contribution in [0.3, 0.4) is 0 Å². The van der Waals surface area contributed by atoms with Crippen LogP contribution < -0.4 is 14.4 Å². The molecule has 3 fully saturated rings. The Morgan fingerprint density at radius 1 is 0.976 bits per heavy atom. The largest absolute Gasteiger partial charge is 0.493 e. The topological polar surface area (TPSA) is 99.7 Å². The molecule has 0 N–H and O–H groups in total. The van der Waals surface area contributed by atoms with E-state index in [9.17, 15) is 19.2 Å². The molecule has 0 radical (unpaired) electrons. The van der Waals surface area contributed by atoms with Crippen LogP contribution in [0.1, 0.15) is 71.0 Å². The lowest BCUT2D eigenvalue weighted by atomic mass is 9.76. The number of anilines is 1. The molecule has 10 heteroatoms. The molecule has 5 aliphatic heterocycles. The van der Waals surface area contributed by atoms with Gasteiger partial charge in [0.15, 0.2) is 11.5 Å². The second-order valence-electron chi connectivity index (χ2n) is 12.1. The molecule has 0 saturated carbocycles. The molecule has 4 atom stereocenters. The van der Waals surface area contributed by atoms with Crippen molar-refractivity contribution in [2.24, 2.45) is 11.8 Å². The second-order valence-corrected chi connectivity index (χ2v) is 12.1. The van der Waals surface area contributed by atoms with E-state index in [1.165, 1.54) is 14.2 Å². The summed E-state index contributed by atoms with van der Waals surface area (Å²) in [5, 5.41) is 0. The standard InChI is InChI=1S/C32H36N4O6/c1-41-25-13-12-22-28(29(25)42-2)32(40)36-24-8-4-3-7-21(24)31(39)34(30(22)36)14-6-11-26(37)33-16-19-15-20(18-33)23-9-5-10-27(38)35(23)17-19/h3-4,7-8,12-13,19-20,23,30H,5-6,9-11,14-18H2,1-2H3. The number of carbonyl (C=O) groups is 4. The van der Waals surface area contributed by atoms with Crippen LogP contribution in [-0.2, 0) is 9.59 Å². The molecule has 4 amide bonds. The highest BCUT2D eigenvalue weighted by Gasteiger charge is 2.50. The number of piperidine rings is 3. The summed E-state index contributed by atoms with van der Waals surface area (Å²) in [5.74, 6) is 1.42. The normalized spacial score (nSPS) is 26.0. The first-order valence-corrected chi connectivity index (χ1v) is 15.0. The van der Waals surface area contributed by atoms with Gasteiger partial charge in [0.1, 0.15) is 6.17 Å². The zero-order valence-corrected chi connectivity index (χ0v) is 24.1. The summed E-state index contributed by atoms with van der Waals surface area (Å²) in [5.41, 5.74) is 2.10. The van der Waals surface area contributed by atoms with E-state index in [1.54, 1.807) is 34.1 Å². The molecule has 3 saturated heterocycles. The Kier molecular flexibility index (Phi) is 6.59. The molecule has 4 unspecified atom stereocenters. The maximum absolute atomic E-state index is 13.9. The number of methoxy groups -OCH3 is 2. The number of carbonyl (C=O) groups excluding carboxylic acids is 4. The lowest BCUT2D eigenvalue weighted by Gasteiger charge is -2.52. The Labute approximate surface area is 245 Å². The number of amides is 4. The van der Waals surface area contributed by atoms with Gasteiger partial charge in [0, 0.05) is 50.6 Å². The highest BCUT2D eigenvalue weighted by molar-refractivity contribution is 6.18. The van der Waals surface area contributed by atoms with Crippen LogP contribution in [0.25, 0.3) is 0 Å². The van der Waals surface area contributed by atoms with E-state index in [0.717, 1.165) is 25.8 Å². The van der Waals surface area contributed by atoms with Gasteiger partial charge in [0.2, 0.25) is 11.8 Å². The Morgan fingerprint density at radius 2 is 1.81 bits per heavy atom. The van der Waals surface area contributed by atoms with E-state index in [0.29, 0.717) is 84.6 Å². The van der Waals surface area contributed by atoms with Crippen molar-refractivity contribution < 1.29 is 28.7 Å². The molecule has 2 aromatic carbocycles. The molecule has 0 aliphatic carbocycles. The summed E-state index contributed by atoms with van der Waals surface area (Å²) in [6.07, 6.45) is 3.86. The third-order valence-electron chi connectivity index (χ3n) is 9.81. The lowest BCUT2D eigenvalue weighted by molar-refractivity contribution is -0.148. The van der Waals surface area contributed by atoms with Crippen LogP contribution in [0.15, 0.2) is 36.4 Å². The number of nitrogens with zero attached hydrogens (tertiary/aromatic N) is 4. The van der Waals surface area contributed by atoms with Crippen molar-refractivity contribution in [2.75, 3.05) is 45.3 Å². The van der Waals surface area contributed by atoms with Crippen molar-refractivity contribution >= 4 is 29.3 Å². The summed E-state index contributed by atoms with van der Waals surface area (Å²) in [6, 6.07) is 11.0. The van der Waals surface area contributed by atoms with Crippen molar-refractivity contribution in [2.45, 2.75) is 50.7 Å². The fraction of sp³-hybridized carbons (Fsp3) is 0.500. The summed E-state index contributed by atoms with van der Waals surface area (Å²) in [6.45, 7) is 2.46. The van der Waals surface area contributed by atoms with Gasteiger partial charge in [0.05, 0.1) is 31.0 Å². The molecule has 42 heavy (non-hydrogen) atoms. The van der Waals surface area contributed by atoms with Crippen LogP contribution in [0, 0.1) is 11.8 Å². The second kappa shape index (κ2) is 10.3. The molecule has 2 aromatic rings. The van der Waals surface area contributed by atoms with E-state index in [-0.39, 0.29) is 29.7 Å². The van der Waals surface area contributed by atoms with E-state index in [4.69, 9.17) is 9.47 Å². The summed E-state index contributed by atoms with van der Waals surface area (Å²) in [7, 11) is 3.03. The smallest absolute Gasteiger partial charge is 0.264 e. The Morgan fingerprint density at radius 3 is 2.62 bits per heavy atom. The summed E-state index contributed by atoms with van der Waals surface area (Å²) < 4.78 is 11.1. The lowest BCUT2D eigenvalue weighted by Crippen LogP contribution is -2.61. The van der Waals surface area contributed by atoms with Gasteiger partial charge in [-0.15, -0.1) is 0 Å². The van der Waals surface area contributed by atoms with Gasteiger partial charge in [0.25, 0.3) is 11.8 Å². The molecular weight excluding hydrogens is 536 g/mol. The van der Waals surface area contributed by atoms with Gasteiger partial charge in [-0.1, -0.05) is 18.2 Å². The maximum atomic E-state index is 13.9. The van der Waals surface area contributed by atoms with Crippen LogP contribution >= 0.6 is 0 Å². The highest BCUT2D eigenvalue weighted by atomic mass is 16.5. The van der Waals surface area contributed by atoms with Gasteiger partial charge in [-0.25, -0.2) is 0 Å². The molecule has 0 spiro atoms. The third kappa shape index (κ3) is 4.06. The molecule has 220 valence electrons. The van der Waals surface area contributed by atoms with Gasteiger partial charge < -0.3 is 24.2 Å². The number of rotatable bonds is 6. The highest BCUT2D eigenvalue weighted by Crippen LogP contribution is 2.49. The van der Waals surface area contributed by atoms with Crippen molar-refractivity contribution in [3.05, 3.63) is 53.1 Å². The number of benzene rings is 2. The van der Waals surface area contributed by atoms with E-state index < -0.39 is 6.17 Å². The Hall–Kier alpha value is -4.08. The predicted molar refractivity (Wildman–Crippen MR) is 153 cm³/mol. The number of hydrogen-bond donors (Lipinski definition) is 0. The molecule has 2 bridgehead atoms. The Bertz CT molecular complexity index is 1470. The minimum absolute atomic E-state index is 0.0938. The monoisotopic (exact) mass is 572 g/mol. The minimum atomic E-state index is -0.631. The van der Waals surface area contributed by atoms with Crippen molar-refractivity contribution in [3.63, 3.8) is 0 Å². The van der Waals surface area contributed by atoms with Crippen LogP contribution in [0.2, 0.25) is 0 Å². The van der Waals surface area contributed by atoms with Gasteiger partial charge in [-0.2, -0.15) is 0 Å². The van der Waals surface area contributed by atoms with Crippen LogP contribution in [0.4, 0.5) is 5.69 Å². The van der Waals surface area contributed by atoms with Crippen LogP contribution in [-0.4, -0.2) is 84.8 Å². The molecule has 0 aromatic heterocycles. The SMILES string of the molecule is COc1ccc2c(c1OC)C(=O)N1c3ccccc3C(=O)N(CCCC(=O)N3CC4CC(C3)C3CCCC(=O)N3C4)C21. The fourth-order valence-corrected chi connectivity index (χ4v) is 8.02. The third-order valence-corrected chi connectivity index (χ3v) is 9.81. The Balaban J connectivity index is 1.10. The zero-order chi connectivity index (χ0) is 29.1. The molecule has 10 nitrogen and oxygen atoms in total. The quantitative estimate of drug-likeness (QED) is 0.526. The van der Waals surface area contributed by atoms with Crippen molar-refractivity contribution in [3.8, 4) is 11.5 Å². The molecule has 7 rings (SSSR count). The minimum Gasteiger partial charge on any atom is -0.493 e.